The molecule has 138 valence electrons. The first-order chi connectivity index (χ1) is 13.3. The maximum atomic E-state index is 12.2. The van der Waals surface area contributed by atoms with Crippen molar-refractivity contribution in [3.8, 4) is 0 Å². The van der Waals surface area contributed by atoms with Gasteiger partial charge in [-0.05, 0) is 12.1 Å². The number of anilines is 2. The van der Waals surface area contributed by atoms with Gasteiger partial charge >= 0.3 is 0 Å². The standard InChI is InChI=1S/C20H20N4OS2/c25-18(16-7-3-1-4-8-16)15-26-20-22-21-19(27-20)24-13-11-23(12-14-24)17-9-5-2-6-10-17/h1-10H,11-15H2. The molecule has 2 heterocycles. The van der Waals surface area contributed by atoms with E-state index in [4.69, 9.17) is 0 Å². The zero-order chi connectivity index (χ0) is 18.5. The molecule has 0 bridgehead atoms. The molecule has 1 fully saturated rings. The minimum absolute atomic E-state index is 0.119. The van der Waals surface area contributed by atoms with E-state index in [1.165, 1.54) is 17.4 Å². The molecule has 0 radical (unpaired) electrons. The van der Waals surface area contributed by atoms with Gasteiger partial charge in [0.2, 0.25) is 5.13 Å². The molecule has 1 saturated heterocycles. The average Bonchev–Trinajstić information content (AvgIpc) is 3.22. The first kappa shape index (κ1) is 18.0. The number of aromatic nitrogens is 2. The number of hydrogen-bond acceptors (Lipinski definition) is 7. The Kier molecular flexibility index (Phi) is 5.69. The molecule has 5 nitrogen and oxygen atoms in total. The number of thioether (sulfide) groups is 1. The summed E-state index contributed by atoms with van der Waals surface area (Å²) in [7, 11) is 0. The zero-order valence-electron chi connectivity index (χ0n) is 14.8. The van der Waals surface area contributed by atoms with Crippen LogP contribution in [0.2, 0.25) is 0 Å². The highest BCUT2D eigenvalue weighted by atomic mass is 32.2. The fourth-order valence-corrected chi connectivity index (χ4v) is 4.81. The lowest BCUT2D eigenvalue weighted by Crippen LogP contribution is -2.46. The Labute approximate surface area is 167 Å². The molecule has 0 atom stereocenters. The Morgan fingerprint density at radius 2 is 1.52 bits per heavy atom. The number of nitrogens with zero attached hydrogens (tertiary/aromatic N) is 4. The first-order valence-corrected chi connectivity index (χ1v) is 10.7. The largest absolute Gasteiger partial charge is 0.368 e. The lowest BCUT2D eigenvalue weighted by atomic mass is 10.2. The van der Waals surface area contributed by atoms with Crippen LogP contribution < -0.4 is 9.80 Å². The fraction of sp³-hybridized carbons (Fsp3) is 0.250. The van der Waals surface area contributed by atoms with Crippen molar-refractivity contribution < 1.29 is 4.79 Å². The van der Waals surface area contributed by atoms with Crippen LogP contribution in [0.25, 0.3) is 0 Å². The van der Waals surface area contributed by atoms with Crippen molar-refractivity contribution in [2.24, 2.45) is 0 Å². The maximum Gasteiger partial charge on any atom is 0.209 e. The van der Waals surface area contributed by atoms with Crippen LogP contribution in [0, 0.1) is 0 Å². The third-order valence-electron chi connectivity index (χ3n) is 4.49. The summed E-state index contributed by atoms with van der Waals surface area (Å²) in [5.41, 5.74) is 2.01. The molecular weight excluding hydrogens is 376 g/mol. The van der Waals surface area contributed by atoms with E-state index in [-0.39, 0.29) is 5.78 Å². The fourth-order valence-electron chi connectivity index (χ4n) is 3.02. The monoisotopic (exact) mass is 396 g/mol. The van der Waals surface area contributed by atoms with Crippen LogP contribution in [0.5, 0.6) is 0 Å². The zero-order valence-corrected chi connectivity index (χ0v) is 16.5. The number of para-hydroxylation sites is 1. The van der Waals surface area contributed by atoms with Gasteiger partial charge in [-0.25, -0.2) is 0 Å². The highest BCUT2D eigenvalue weighted by Gasteiger charge is 2.20. The number of Topliss-reactive ketones (excluding diaryl/α,β-unsaturated/α-hetero) is 1. The summed E-state index contributed by atoms with van der Waals surface area (Å²) in [6, 6.07) is 19.9. The van der Waals surface area contributed by atoms with E-state index in [9.17, 15) is 4.79 Å². The second kappa shape index (κ2) is 8.54. The topological polar surface area (TPSA) is 49.3 Å². The Balaban J connectivity index is 1.30. The molecule has 0 N–H and O–H groups in total. The quantitative estimate of drug-likeness (QED) is 0.466. The molecule has 0 saturated carbocycles. The smallest absolute Gasteiger partial charge is 0.209 e. The highest BCUT2D eigenvalue weighted by Crippen LogP contribution is 2.29. The van der Waals surface area contributed by atoms with Gasteiger partial charge in [0, 0.05) is 37.4 Å². The van der Waals surface area contributed by atoms with E-state index in [2.05, 4.69) is 44.3 Å². The van der Waals surface area contributed by atoms with Crippen LogP contribution in [0.1, 0.15) is 10.4 Å². The lowest BCUT2D eigenvalue weighted by Gasteiger charge is -2.35. The number of carbonyl (C=O) groups excluding carboxylic acids is 1. The van der Waals surface area contributed by atoms with E-state index in [0.717, 1.165) is 41.2 Å². The molecule has 4 rings (SSSR count). The van der Waals surface area contributed by atoms with Crippen molar-refractivity contribution in [2.45, 2.75) is 4.34 Å². The second-order valence-electron chi connectivity index (χ2n) is 6.24. The van der Waals surface area contributed by atoms with E-state index in [1.54, 1.807) is 11.3 Å². The lowest BCUT2D eigenvalue weighted by molar-refractivity contribution is 0.102. The van der Waals surface area contributed by atoms with Crippen LogP contribution >= 0.6 is 23.1 Å². The molecule has 7 heteroatoms. The molecule has 0 spiro atoms. The predicted octanol–water partition coefficient (Wildman–Crippen LogP) is 3.84. The SMILES string of the molecule is O=C(CSc1nnc(N2CCN(c3ccccc3)CC2)s1)c1ccccc1. The van der Waals surface area contributed by atoms with Crippen LogP contribution in [0.3, 0.4) is 0 Å². The van der Waals surface area contributed by atoms with Crippen molar-refractivity contribution in [2.75, 3.05) is 41.7 Å². The Morgan fingerprint density at radius 3 is 2.22 bits per heavy atom. The number of hydrogen-bond donors (Lipinski definition) is 0. The van der Waals surface area contributed by atoms with Crippen LogP contribution in [0.4, 0.5) is 10.8 Å². The molecule has 1 aliphatic heterocycles. The molecule has 2 aromatic carbocycles. The van der Waals surface area contributed by atoms with Gasteiger partial charge in [0.1, 0.15) is 0 Å². The molecule has 0 aliphatic carbocycles. The summed E-state index contributed by atoms with van der Waals surface area (Å²) >= 11 is 3.03. The third-order valence-corrected chi connectivity index (χ3v) is 6.61. The van der Waals surface area contributed by atoms with E-state index < -0.39 is 0 Å². The summed E-state index contributed by atoms with van der Waals surface area (Å²) in [5, 5.41) is 9.53. The Morgan fingerprint density at radius 1 is 0.889 bits per heavy atom. The van der Waals surface area contributed by atoms with Crippen LogP contribution in [-0.4, -0.2) is 47.9 Å². The van der Waals surface area contributed by atoms with Crippen molar-refractivity contribution in [1.29, 1.82) is 0 Å². The van der Waals surface area contributed by atoms with Gasteiger partial charge in [0.15, 0.2) is 10.1 Å². The van der Waals surface area contributed by atoms with Gasteiger partial charge in [-0.1, -0.05) is 71.6 Å². The summed E-state index contributed by atoms with van der Waals surface area (Å²) in [6.07, 6.45) is 0. The predicted molar refractivity (Wildman–Crippen MR) is 112 cm³/mol. The average molecular weight is 397 g/mol. The van der Waals surface area contributed by atoms with Crippen LogP contribution in [-0.2, 0) is 0 Å². The number of ketones is 1. The normalized spacial score (nSPS) is 14.4. The molecule has 1 aliphatic rings. The van der Waals surface area contributed by atoms with E-state index in [1.807, 2.05) is 36.4 Å². The molecule has 0 amide bonds. The van der Waals surface area contributed by atoms with Crippen molar-refractivity contribution >= 4 is 39.7 Å². The second-order valence-corrected chi connectivity index (χ2v) is 8.42. The Hall–Kier alpha value is -2.38. The summed E-state index contributed by atoms with van der Waals surface area (Å²) in [4.78, 5) is 16.9. The third kappa shape index (κ3) is 4.48. The minimum atomic E-state index is 0.119. The summed E-state index contributed by atoms with van der Waals surface area (Å²) in [5.74, 6) is 0.509. The van der Waals surface area contributed by atoms with Crippen molar-refractivity contribution in [1.82, 2.24) is 10.2 Å². The number of benzene rings is 2. The summed E-state index contributed by atoms with van der Waals surface area (Å²) in [6.45, 7) is 3.80. The van der Waals surface area contributed by atoms with Gasteiger partial charge in [0.25, 0.3) is 0 Å². The maximum absolute atomic E-state index is 12.2. The molecule has 1 aromatic heterocycles. The number of rotatable bonds is 6. The van der Waals surface area contributed by atoms with Crippen LogP contribution in [0.15, 0.2) is 65.0 Å². The van der Waals surface area contributed by atoms with Gasteiger partial charge < -0.3 is 9.80 Å². The van der Waals surface area contributed by atoms with Gasteiger partial charge in [-0.3, -0.25) is 4.79 Å². The molecule has 3 aromatic rings. The first-order valence-electron chi connectivity index (χ1n) is 8.89. The van der Waals surface area contributed by atoms with Gasteiger partial charge in [-0.15, -0.1) is 10.2 Å². The molecule has 0 unspecified atom stereocenters. The van der Waals surface area contributed by atoms with Crippen molar-refractivity contribution in [3.05, 3.63) is 66.2 Å². The highest BCUT2D eigenvalue weighted by molar-refractivity contribution is 8.01. The molecular formula is C20H20N4OS2. The molecule has 27 heavy (non-hydrogen) atoms. The number of piperazine rings is 1. The van der Waals surface area contributed by atoms with Crippen molar-refractivity contribution in [3.63, 3.8) is 0 Å². The van der Waals surface area contributed by atoms with Gasteiger partial charge in [-0.2, -0.15) is 0 Å². The van der Waals surface area contributed by atoms with E-state index in [0.29, 0.717) is 5.75 Å². The summed E-state index contributed by atoms with van der Waals surface area (Å²) < 4.78 is 0.847. The Bertz CT molecular complexity index is 877. The van der Waals surface area contributed by atoms with Gasteiger partial charge in [0.05, 0.1) is 5.75 Å². The minimum Gasteiger partial charge on any atom is -0.368 e. The van der Waals surface area contributed by atoms with E-state index >= 15 is 0 Å². The number of carbonyl (C=O) groups is 1.